The lowest BCUT2D eigenvalue weighted by molar-refractivity contribution is -0.134. The van der Waals surface area contributed by atoms with Crippen molar-refractivity contribution >= 4 is 5.91 Å². The Bertz CT molecular complexity index is 1300. The fraction of sp³-hybridized carbons (Fsp3) is 0.533. The molecular formula is C30H39N5O4. The highest BCUT2D eigenvalue weighted by Crippen LogP contribution is 2.35. The summed E-state index contributed by atoms with van der Waals surface area (Å²) < 4.78 is 11.3. The van der Waals surface area contributed by atoms with Crippen LogP contribution in [0.25, 0.3) is 22.6 Å². The van der Waals surface area contributed by atoms with Crippen LogP contribution in [0.5, 0.6) is 5.75 Å². The minimum Gasteiger partial charge on any atom is -0.491 e. The third-order valence-corrected chi connectivity index (χ3v) is 7.73. The molecule has 1 saturated heterocycles. The standard InChI is InChI=1S/C30H39N5O4/c1-18-26(13-21-7-6-12-35(16-21)30(37)22-10-11-22)32-29(33-28(18)27-19(2)34-39-20(27)3)23-8-5-9-25(14-23)38-17-24(36)15-31-4/h5,8-9,14,21-22,24,31,36H,6-7,10-13,15-17H2,1-4H3. The van der Waals surface area contributed by atoms with Crippen molar-refractivity contribution in [3.8, 4) is 28.4 Å². The number of aromatic nitrogens is 3. The van der Waals surface area contributed by atoms with Crippen LogP contribution in [0, 0.1) is 32.6 Å². The molecule has 0 spiro atoms. The summed E-state index contributed by atoms with van der Waals surface area (Å²) in [6, 6.07) is 7.66. The SMILES string of the molecule is CNCC(O)COc1cccc(-c2nc(CC3CCCN(C(=O)C4CC4)C3)c(C)c(-c3c(C)noc3C)n2)c1. The number of likely N-dealkylation sites (tertiary alicyclic amines) is 1. The van der Waals surface area contributed by atoms with Crippen LogP contribution in [0.4, 0.5) is 0 Å². The lowest BCUT2D eigenvalue weighted by Gasteiger charge is -2.33. The normalized spacial score (nSPS) is 18.3. The van der Waals surface area contributed by atoms with Crippen LogP contribution in [0.2, 0.25) is 0 Å². The molecule has 2 unspecified atom stereocenters. The van der Waals surface area contributed by atoms with E-state index in [2.05, 4.69) is 22.3 Å². The van der Waals surface area contributed by atoms with Crippen molar-refractivity contribution in [1.29, 1.82) is 0 Å². The van der Waals surface area contributed by atoms with Crippen molar-refractivity contribution in [2.45, 2.75) is 59.0 Å². The van der Waals surface area contributed by atoms with Crippen LogP contribution in [-0.2, 0) is 11.2 Å². The molecule has 39 heavy (non-hydrogen) atoms. The molecule has 2 atom stereocenters. The van der Waals surface area contributed by atoms with E-state index in [1.54, 1.807) is 7.05 Å². The largest absolute Gasteiger partial charge is 0.491 e. The summed E-state index contributed by atoms with van der Waals surface area (Å²) in [5.74, 6) is 2.90. The van der Waals surface area contributed by atoms with E-state index >= 15 is 0 Å². The summed E-state index contributed by atoms with van der Waals surface area (Å²) in [5, 5.41) is 17.2. The van der Waals surface area contributed by atoms with Crippen LogP contribution in [-0.4, -0.2) is 70.4 Å². The van der Waals surface area contributed by atoms with Crippen LogP contribution < -0.4 is 10.1 Å². The van der Waals surface area contributed by atoms with Gasteiger partial charge in [0.25, 0.3) is 0 Å². The van der Waals surface area contributed by atoms with Crippen LogP contribution in [0.3, 0.4) is 0 Å². The van der Waals surface area contributed by atoms with Crippen LogP contribution >= 0.6 is 0 Å². The first-order valence-electron chi connectivity index (χ1n) is 14.0. The first-order valence-corrected chi connectivity index (χ1v) is 14.0. The highest BCUT2D eigenvalue weighted by Gasteiger charge is 2.35. The first-order chi connectivity index (χ1) is 18.8. The van der Waals surface area contributed by atoms with Gasteiger partial charge < -0.3 is 24.6 Å². The molecule has 2 N–H and O–H groups in total. The molecule has 2 fully saturated rings. The van der Waals surface area contributed by atoms with E-state index in [-0.39, 0.29) is 12.5 Å². The number of hydrogen-bond donors (Lipinski definition) is 2. The van der Waals surface area contributed by atoms with Gasteiger partial charge in [0.05, 0.1) is 17.0 Å². The number of piperidine rings is 1. The van der Waals surface area contributed by atoms with E-state index in [0.717, 1.165) is 84.7 Å². The third-order valence-electron chi connectivity index (χ3n) is 7.73. The Morgan fingerprint density at radius 3 is 2.77 bits per heavy atom. The Morgan fingerprint density at radius 2 is 2.05 bits per heavy atom. The van der Waals surface area contributed by atoms with Gasteiger partial charge in [0.2, 0.25) is 5.91 Å². The van der Waals surface area contributed by atoms with Gasteiger partial charge in [0.15, 0.2) is 5.82 Å². The Morgan fingerprint density at radius 1 is 1.23 bits per heavy atom. The Balaban J connectivity index is 1.46. The molecule has 9 nitrogen and oxygen atoms in total. The smallest absolute Gasteiger partial charge is 0.225 e. The molecule has 3 heterocycles. The third kappa shape index (κ3) is 6.31. The minimum absolute atomic E-state index is 0.187. The average Bonchev–Trinajstić information content (AvgIpc) is 3.73. The fourth-order valence-corrected chi connectivity index (χ4v) is 5.46. The molecule has 3 aromatic rings. The van der Waals surface area contributed by atoms with Gasteiger partial charge in [0, 0.05) is 36.8 Å². The topological polar surface area (TPSA) is 114 Å². The van der Waals surface area contributed by atoms with Gasteiger partial charge in [-0.05, 0) is 83.5 Å². The predicted molar refractivity (Wildman–Crippen MR) is 148 cm³/mol. The molecule has 9 heteroatoms. The number of ether oxygens (including phenoxy) is 1. The monoisotopic (exact) mass is 533 g/mol. The number of carbonyl (C=O) groups is 1. The maximum atomic E-state index is 12.8. The maximum Gasteiger partial charge on any atom is 0.225 e. The second-order valence-electron chi connectivity index (χ2n) is 11.0. The molecule has 2 aliphatic rings. The summed E-state index contributed by atoms with van der Waals surface area (Å²) in [5.41, 5.74) is 5.34. The van der Waals surface area contributed by atoms with E-state index in [1.165, 1.54) is 0 Å². The molecule has 1 aliphatic heterocycles. The molecule has 5 rings (SSSR count). The quantitative estimate of drug-likeness (QED) is 0.404. The van der Waals surface area contributed by atoms with Crippen molar-refractivity contribution in [1.82, 2.24) is 25.3 Å². The van der Waals surface area contributed by atoms with Crippen molar-refractivity contribution < 1.29 is 19.2 Å². The van der Waals surface area contributed by atoms with Crippen molar-refractivity contribution in [3.05, 3.63) is 47.0 Å². The van der Waals surface area contributed by atoms with Gasteiger partial charge in [-0.1, -0.05) is 17.3 Å². The summed E-state index contributed by atoms with van der Waals surface area (Å²) in [6.07, 6.45) is 4.34. The number of amides is 1. The number of nitrogens with one attached hydrogen (secondary N) is 1. The first kappa shape index (κ1) is 27.3. The highest BCUT2D eigenvalue weighted by atomic mass is 16.5. The van der Waals surface area contributed by atoms with Crippen molar-refractivity contribution in [3.63, 3.8) is 0 Å². The number of carbonyl (C=O) groups excluding carboxylic acids is 1. The molecule has 2 aromatic heterocycles. The van der Waals surface area contributed by atoms with Crippen molar-refractivity contribution in [2.75, 3.05) is 33.3 Å². The second kappa shape index (κ2) is 11.8. The molecule has 1 aliphatic carbocycles. The fourth-order valence-electron chi connectivity index (χ4n) is 5.46. The zero-order valence-electron chi connectivity index (χ0n) is 23.4. The van der Waals surface area contributed by atoms with E-state index in [1.807, 2.05) is 38.1 Å². The molecule has 1 aromatic carbocycles. The number of rotatable bonds is 10. The summed E-state index contributed by atoms with van der Waals surface area (Å²) in [4.78, 5) is 24.9. The van der Waals surface area contributed by atoms with Gasteiger partial charge in [-0.2, -0.15) is 0 Å². The summed E-state index contributed by atoms with van der Waals surface area (Å²) >= 11 is 0. The van der Waals surface area contributed by atoms with Gasteiger partial charge in [0.1, 0.15) is 24.2 Å². The molecule has 1 amide bonds. The highest BCUT2D eigenvalue weighted by molar-refractivity contribution is 5.81. The van der Waals surface area contributed by atoms with E-state index < -0.39 is 6.10 Å². The summed E-state index contributed by atoms with van der Waals surface area (Å²) in [6.45, 7) is 8.19. The van der Waals surface area contributed by atoms with Gasteiger partial charge in [-0.25, -0.2) is 9.97 Å². The molecular weight excluding hydrogens is 494 g/mol. The van der Waals surface area contributed by atoms with Gasteiger partial charge >= 0.3 is 0 Å². The number of aliphatic hydroxyl groups excluding tert-OH is 1. The number of likely N-dealkylation sites (N-methyl/N-ethyl adjacent to an activating group) is 1. The van der Waals surface area contributed by atoms with Gasteiger partial charge in [-0.3, -0.25) is 4.79 Å². The maximum absolute atomic E-state index is 12.8. The molecule has 0 bridgehead atoms. The van der Waals surface area contributed by atoms with E-state index in [0.29, 0.717) is 29.9 Å². The molecule has 1 saturated carbocycles. The molecule has 0 radical (unpaired) electrons. The Hall–Kier alpha value is -3.30. The lowest BCUT2D eigenvalue weighted by Crippen LogP contribution is -2.41. The van der Waals surface area contributed by atoms with Crippen LogP contribution in [0.1, 0.15) is 48.4 Å². The zero-order valence-corrected chi connectivity index (χ0v) is 23.4. The Kier molecular flexibility index (Phi) is 8.28. The number of aryl methyl sites for hydroxylation is 2. The lowest BCUT2D eigenvalue weighted by atomic mass is 9.90. The Labute approximate surface area is 230 Å². The van der Waals surface area contributed by atoms with E-state index in [9.17, 15) is 9.90 Å². The zero-order chi connectivity index (χ0) is 27.5. The second-order valence-corrected chi connectivity index (χ2v) is 11.0. The number of nitrogens with zero attached hydrogens (tertiary/aromatic N) is 4. The summed E-state index contributed by atoms with van der Waals surface area (Å²) in [7, 11) is 1.79. The number of hydrogen-bond acceptors (Lipinski definition) is 8. The predicted octanol–water partition coefficient (Wildman–Crippen LogP) is 3.87. The van der Waals surface area contributed by atoms with Crippen LogP contribution in [0.15, 0.2) is 28.8 Å². The average molecular weight is 534 g/mol. The molecule has 208 valence electrons. The van der Waals surface area contributed by atoms with E-state index in [4.69, 9.17) is 19.2 Å². The number of benzene rings is 1. The van der Waals surface area contributed by atoms with Gasteiger partial charge in [-0.15, -0.1) is 0 Å². The number of aliphatic hydroxyl groups is 1. The van der Waals surface area contributed by atoms with Crippen molar-refractivity contribution in [2.24, 2.45) is 11.8 Å². The minimum atomic E-state index is -0.603.